The second-order valence-electron chi connectivity index (χ2n) is 14.8. The average Bonchev–Trinajstić information content (AvgIpc) is 3.47. The number of carbonyl (C=O) groups is 1. The molecule has 3 aromatic carbocycles. The maximum absolute atomic E-state index is 14.1. The second kappa shape index (κ2) is 11.5. The van der Waals surface area contributed by atoms with E-state index in [0.717, 1.165) is 62.4 Å². The molecule has 50 heavy (non-hydrogen) atoms. The summed E-state index contributed by atoms with van der Waals surface area (Å²) in [4.78, 5) is 30.2. The third-order valence-corrected chi connectivity index (χ3v) is 12.7. The molecule has 3 saturated heterocycles. The van der Waals surface area contributed by atoms with Crippen molar-refractivity contribution < 1.29 is 17.9 Å². The van der Waals surface area contributed by atoms with Gasteiger partial charge in [-0.2, -0.15) is 0 Å². The van der Waals surface area contributed by atoms with Crippen molar-refractivity contribution in [3.8, 4) is 22.4 Å². The quantitative estimate of drug-likeness (QED) is 0.250. The maximum Gasteiger partial charge on any atom is 0.269 e. The van der Waals surface area contributed by atoms with Crippen molar-refractivity contribution in [1.29, 1.82) is 0 Å². The normalized spacial score (nSPS) is 19.9. The fourth-order valence-corrected chi connectivity index (χ4v) is 9.57. The van der Waals surface area contributed by atoms with Gasteiger partial charge in [-0.05, 0) is 86.8 Å². The van der Waals surface area contributed by atoms with Crippen molar-refractivity contribution in [3.63, 3.8) is 0 Å². The molecule has 6 heterocycles. The third-order valence-electron chi connectivity index (χ3n) is 11.0. The van der Waals surface area contributed by atoms with Crippen LogP contribution >= 0.6 is 0 Å². The molecule has 11 heteroatoms. The van der Waals surface area contributed by atoms with Gasteiger partial charge in [0.25, 0.3) is 15.9 Å². The summed E-state index contributed by atoms with van der Waals surface area (Å²) in [6.45, 7) is 10.1. The molecule has 0 N–H and O–H groups in total. The highest BCUT2D eigenvalue weighted by Crippen LogP contribution is 2.40. The van der Waals surface area contributed by atoms with Crippen LogP contribution < -0.4 is 4.90 Å². The van der Waals surface area contributed by atoms with E-state index in [1.54, 1.807) is 36.7 Å². The first-order valence-corrected chi connectivity index (χ1v) is 18.8. The predicted octanol–water partition coefficient (Wildman–Crippen LogP) is 5.16. The van der Waals surface area contributed by atoms with Crippen LogP contribution in [0.15, 0.2) is 78.0 Å². The topological polar surface area (TPSA) is 101 Å². The Bertz CT molecular complexity index is 2270. The first-order valence-electron chi connectivity index (χ1n) is 17.4. The van der Waals surface area contributed by atoms with E-state index in [9.17, 15) is 13.2 Å². The van der Waals surface area contributed by atoms with Gasteiger partial charge < -0.3 is 19.4 Å². The third kappa shape index (κ3) is 5.05. The molecule has 5 aromatic rings. The molecule has 4 aliphatic heterocycles. The SMILES string of the molecule is Cc1ccc(S(=O)(=O)n2cc(-c3ccc(C(=O)N4CC5(COC5)C4)cc3)c3nc(-c4cc(C)c5c(c4)CCC4CN(C)CCN54)cnc32)cc1. The van der Waals surface area contributed by atoms with E-state index in [1.807, 2.05) is 36.1 Å². The van der Waals surface area contributed by atoms with Gasteiger partial charge in [-0.3, -0.25) is 4.79 Å². The van der Waals surface area contributed by atoms with E-state index in [4.69, 9.17) is 14.7 Å². The lowest BCUT2D eigenvalue weighted by Gasteiger charge is -2.54. The van der Waals surface area contributed by atoms with Gasteiger partial charge >= 0.3 is 0 Å². The van der Waals surface area contributed by atoms with Gasteiger partial charge in [0.05, 0.1) is 35.4 Å². The molecule has 0 bridgehead atoms. The number of aryl methyl sites for hydroxylation is 3. The van der Waals surface area contributed by atoms with Crippen LogP contribution in [0.3, 0.4) is 0 Å². The van der Waals surface area contributed by atoms with Gasteiger partial charge in [0.2, 0.25) is 0 Å². The van der Waals surface area contributed by atoms with E-state index in [2.05, 4.69) is 35.9 Å². The van der Waals surface area contributed by atoms with Crippen molar-refractivity contribution in [2.24, 2.45) is 5.41 Å². The molecule has 256 valence electrons. The highest BCUT2D eigenvalue weighted by atomic mass is 32.2. The number of carbonyl (C=O) groups excluding carboxylic acids is 1. The summed E-state index contributed by atoms with van der Waals surface area (Å²) in [5, 5.41) is 0. The lowest BCUT2D eigenvalue weighted by molar-refractivity contribution is -0.176. The zero-order chi connectivity index (χ0) is 34.4. The summed E-state index contributed by atoms with van der Waals surface area (Å²) in [5.74, 6) is -0.00814. The highest BCUT2D eigenvalue weighted by molar-refractivity contribution is 7.90. The Kier molecular flexibility index (Phi) is 7.21. The van der Waals surface area contributed by atoms with Crippen molar-refractivity contribution in [2.45, 2.75) is 37.6 Å². The molecule has 3 fully saturated rings. The standard InChI is InChI=1S/C39H40N6O4S/c1-25-4-12-32(13-5-25)50(47,48)45-20-33(27-6-8-28(9-7-27)38(46)43-21-39(22-43)23-49-24-39)35-37(45)40-18-34(41-35)30-16-26(2)36-29(17-30)10-11-31-19-42(3)14-15-44(31)36/h4-9,12-13,16-18,20,31H,10-11,14-15,19,21-24H2,1-3H3. The number of likely N-dealkylation sites (N-methyl/N-ethyl adjacent to an activating group) is 1. The van der Waals surface area contributed by atoms with Crippen LogP contribution in [0.1, 0.15) is 33.5 Å². The van der Waals surface area contributed by atoms with Gasteiger partial charge in [-0.1, -0.05) is 29.8 Å². The van der Waals surface area contributed by atoms with Crippen LogP contribution in [0.2, 0.25) is 0 Å². The van der Waals surface area contributed by atoms with Crippen molar-refractivity contribution in [2.75, 3.05) is 57.9 Å². The number of rotatable bonds is 5. The second-order valence-corrected chi connectivity index (χ2v) is 16.6. The summed E-state index contributed by atoms with van der Waals surface area (Å²) in [5.41, 5.74) is 9.37. The molecule has 1 spiro atoms. The minimum absolute atomic E-state index is 0.00814. The van der Waals surface area contributed by atoms with Gasteiger partial charge in [0, 0.05) is 67.3 Å². The molecule has 0 aliphatic carbocycles. The molecule has 1 amide bonds. The number of benzene rings is 3. The Hall–Kier alpha value is -4.58. The number of anilines is 1. The number of piperazine rings is 1. The molecule has 0 radical (unpaired) electrons. The van der Waals surface area contributed by atoms with E-state index in [0.29, 0.717) is 41.5 Å². The van der Waals surface area contributed by atoms with Crippen molar-refractivity contribution >= 4 is 32.8 Å². The Morgan fingerprint density at radius 2 is 1.72 bits per heavy atom. The van der Waals surface area contributed by atoms with Crippen LogP contribution in [0, 0.1) is 19.3 Å². The van der Waals surface area contributed by atoms with Crippen molar-refractivity contribution in [1.82, 2.24) is 23.7 Å². The fraction of sp³-hybridized carbons (Fsp3) is 0.359. The Morgan fingerprint density at radius 3 is 2.44 bits per heavy atom. The zero-order valence-electron chi connectivity index (χ0n) is 28.6. The van der Waals surface area contributed by atoms with E-state index < -0.39 is 10.0 Å². The largest absolute Gasteiger partial charge is 0.380 e. The first-order chi connectivity index (χ1) is 24.1. The van der Waals surface area contributed by atoms with Crippen LogP contribution in [0.25, 0.3) is 33.5 Å². The van der Waals surface area contributed by atoms with Gasteiger partial charge in [-0.15, -0.1) is 0 Å². The van der Waals surface area contributed by atoms with E-state index in [-0.39, 0.29) is 21.9 Å². The van der Waals surface area contributed by atoms with E-state index >= 15 is 0 Å². The smallest absolute Gasteiger partial charge is 0.269 e. The molecule has 0 saturated carbocycles. The lowest BCUT2D eigenvalue weighted by Crippen LogP contribution is -2.67. The first kappa shape index (κ1) is 31.4. The van der Waals surface area contributed by atoms with Crippen molar-refractivity contribution in [3.05, 3.63) is 95.3 Å². The maximum atomic E-state index is 14.1. The Morgan fingerprint density at radius 1 is 0.960 bits per heavy atom. The molecule has 2 aromatic heterocycles. The zero-order valence-corrected chi connectivity index (χ0v) is 29.4. The lowest BCUT2D eigenvalue weighted by atomic mass is 9.78. The molecule has 10 nitrogen and oxygen atoms in total. The van der Waals surface area contributed by atoms with Crippen LogP contribution in [-0.4, -0.2) is 97.1 Å². The number of hydrogen-bond acceptors (Lipinski definition) is 8. The number of nitrogens with zero attached hydrogens (tertiary/aromatic N) is 6. The van der Waals surface area contributed by atoms with Crippen LogP contribution in [-0.2, 0) is 21.2 Å². The number of hydrogen-bond donors (Lipinski definition) is 0. The number of amides is 1. The summed E-state index contributed by atoms with van der Waals surface area (Å²) >= 11 is 0. The number of fused-ring (bicyclic) bond motifs is 4. The van der Waals surface area contributed by atoms with E-state index in [1.165, 1.54) is 20.8 Å². The summed E-state index contributed by atoms with van der Waals surface area (Å²) in [6, 6.07) is 19.1. The summed E-state index contributed by atoms with van der Waals surface area (Å²) in [6.07, 6.45) is 5.41. The number of ether oxygens (including phenoxy) is 1. The minimum atomic E-state index is -3.98. The highest BCUT2D eigenvalue weighted by Gasteiger charge is 2.50. The molecular weight excluding hydrogens is 649 g/mol. The molecule has 1 unspecified atom stereocenters. The number of likely N-dealkylation sites (tertiary alicyclic amines) is 1. The molecule has 9 rings (SSSR count). The Labute approximate surface area is 292 Å². The van der Waals surface area contributed by atoms with Gasteiger partial charge in [-0.25, -0.2) is 22.4 Å². The predicted molar refractivity (Wildman–Crippen MR) is 193 cm³/mol. The van der Waals surface area contributed by atoms with Gasteiger partial charge in [0.15, 0.2) is 5.65 Å². The molecule has 4 aliphatic rings. The monoisotopic (exact) mass is 688 g/mol. The molecule has 1 atom stereocenters. The number of aromatic nitrogens is 3. The van der Waals surface area contributed by atoms with Crippen LogP contribution in [0.4, 0.5) is 5.69 Å². The fourth-order valence-electron chi connectivity index (χ4n) is 8.25. The summed E-state index contributed by atoms with van der Waals surface area (Å²) < 4.78 is 34.7. The van der Waals surface area contributed by atoms with Gasteiger partial charge in [0.1, 0.15) is 5.52 Å². The summed E-state index contributed by atoms with van der Waals surface area (Å²) in [7, 11) is -1.78. The molecular formula is C39H40N6O4S. The minimum Gasteiger partial charge on any atom is -0.380 e. The Balaban J connectivity index is 1.12. The average molecular weight is 689 g/mol. The van der Waals surface area contributed by atoms with Crippen LogP contribution in [0.5, 0.6) is 0 Å².